The fourth-order valence-corrected chi connectivity index (χ4v) is 4.99. The maximum absolute atomic E-state index is 11.8. The molecule has 0 spiro atoms. The van der Waals surface area contributed by atoms with E-state index in [1.54, 1.807) is 0 Å². The largest absolute Gasteiger partial charge is 0.308 e. The number of benzene rings is 3. The number of unbranched alkanes of at least 4 members (excludes halogenated alkanes) is 11. The van der Waals surface area contributed by atoms with Crippen LogP contribution in [0.4, 0.5) is 0 Å². The van der Waals surface area contributed by atoms with Crippen molar-refractivity contribution >= 4 is 5.78 Å². The lowest BCUT2D eigenvalue weighted by atomic mass is 9.94. The van der Waals surface area contributed by atoms with Crippen molar-refractivity contribution in [2.45, 2.75) is 116 Å². The Kier molecular flexibility index (Phi) is 17.7. The van der Waals surface area contributed by atoms with Crippen molar-refractivity contribution in [2.75, 3.05) is 6.54 Å². The summed E-state index contributed by atoms with van der Waals surface area (Å²) in [7, 11) is 0. The van der Waals surface area contributed by atoms with Crippen LogP contribution in [0.25, 0.3) is 0 Å². The second-order valence-electron chi connectivity index (χ2n) is 11.6. The van der Waals surface area contributed by atoms with Crippen LogP contribution in [0, 0.1) is 0 Å². The molecule has 3 aromatic rings. The maximum Gasteiger partial charge on any atom is 0.163 e. The Bertz CT molecular complexity index is 997. The van der Waals surface area contributed by atoms with E-state index in [0.717, 1.165) is 18.5 Å². The van der Waals surface area contributed by atoms with Crippen molar-refractivity contribution in [1.82, 2.24) is 5.32 Å². The van der Waals surface area contributed by atoms with E-state index in [-0.39, 0.29) is 11.3 Å². The SMILES string of the molecule is CCCCCCCCCCCCCCNC(C)(C)c1ccccc1.O=C(CCc1ccccc1)c1ccccc1. The standard InChI is InChI=1S/C23H41N.C15H14O/c1-4-5-6-7-8-9-10-11-12-13-14-18-21-24-23(2,3)22-19-16-15-17-20-22;16-15(14-9-5-2-6-10-14)12-11-13-7-3-1-4-8-13/h15-17,19-20,24H,4-14,18,21H2,1-3H3;1-10H,11-12H2. The molecular formula is C38H55NO. The summed E-state index contributed by atoms with van der Waals surface area (Å²) in [5.41, 5.74) is 3.48. The normalized spacial score (nSPS) is 11.1. The Morgan fingerprint density at radius 1 is 0.600 bits per heavy atom. The lowest BCUT2D eigenvalue weighted by molar-refractivity contribution is 0.0983. The molecular weight excluding hydrogens is 486 g/mol. The maximum atomic E-state index is 11.8. The third-order valence-corrected chi connectivity index (χ3v) is 7.67. The van der Waals surface area contributed by atoms with Gasteiger partial charge in [0.05, 0.1) is 0 Å². The summed E-state index contributed by atoms with van der Waals surface area (Å²) < 4.78 is 0. The minimum atomic E-state index is 0.0824. The van der Waals surface area contributed by atoms with E-state index in [9.17, 15) is 4.79 Å². The number of Topliss-reactive ketones (excluding diaryl/α,β-unsaturated/α-hetero) is 1. The Morgan fingerprint density at radius 2 is 1.05 bits per heavy atom. The number of carbonyl (C=O) groups excluding carboxylic acids is 1. The molecule has 3 rings (SSSR count). The van der Waals surface area contributed by atoms with Crippen LogP contribution in [0.2, 0.25) is 0 Å². The predicted octanol–water partition coefficient (Wildman–Crippen LogP) is 10.7. The second kappa shape index (κ2) is 21.1. The molecule has 0 saturated carbocycles. The number of hydrogen-bond acceptors (Lipinski definition) is 2. The fraction of sp³-hybridized carbons (Fsp3) is 0.500. The average molecular weight is 542 g/mol. The van der Waals surface area contributed by atoms with Crippen LogP contribution >= 0.6 is 0 Å². The minimum absolute atomic E-state index is 0.0824. The van der Waals surface area contributed by atoms with Crippen LogP contribution in [-0.4, -0.2) is 12.3 Å². The zero-order valence-electron chi connectivity index (χ0n) is 25.7. The van der Waals surface area contributed by atoms with Gasteiger partial charge in [0.2, 0.25) is 0 Å². The summed E-state index contributed by atoms with van der Waals surface area (Å²) >= 11 is 0. The summed E-state index contributed by atoms with van der Waals surface area (Å²) in [6.07, 6.45) is 18.4. The first kappa shape index (κ1) is 33.5. The molecule has 0 atom stereocenters. The minimum Gasteiger partial charge on any atom is -0.308 e. The number of rotatable bonds is 19. The lowest BCUT2D eigenvalue weighted by Gasteiger charge is -2.27. The van der Waals surface area contributed by atoms with Crippen LogP contribution < -0.4 is 5.32 Å². The second-order valence-corrected chi connectivity index (χ2v) is 11.6. The summed E-state index contributed by atoms with van der Waals surface area (Å²) in [4.78, 5) is 11.8. The quantitative estimate of drug-likeness (QED) is 0.121. The lowest BCUT2D eigenvalue weighted by Crippen LogP contribution is -2.37. The first-order valence-corrected chi connectivity index (χ1v) is 16.0. The molecule has 0 saturated heterocycles. The number of hydrogen-bond donors (Lipinski definition) is 1. The van der Waals surface area contributed by atoms with Crippen molar-refractivity contribution < 1.29 is 4.79 Å². The van der Waals surface area contributed by atoms with Crippen LogP contribution in [0.5, 0.6) is 0 Å². The van der Waals surface area contributed by atoms with E-state index in [1.165, 1.54) is 88.2 Å². The Hall–Kier alpha value is -2.71. The smallest absolute Gasteiger partial charge is 0.163 e. The summed E-state index contributed by atoms with van der Waals surface area (Å²) in [6, 6.07) is 30.3. The first-order chi connectivity index (χ1) is 19.5. The van der Waals surface area contributed by atoms with Crippen molar-refractivity contribution in [3.63, 3.8) is 0 Å². The zero-order valence-corrected chi connectivity index (χ0v) is 25.7. The van der Waals surface area contributed by atoms with E-state index < -0.39 is 0 Å². The van der Waals surface area contributed by atoms with Gasteiger partial charge < -0.3 is 5.32 Å². The molecule has 0 aliphatic carbocycles. The van der Waals surface area contributed by atoms with Gasteiger partial charge in [-0.05, 0) is 44.4 Å². The van der Waals surface area contributed by atoms with Crippen LogP contribution in [0.3, 0.4) is 0 Å². The third-order valence-electron chi connectivity index (χ3n) is 7.67. The molecule has 0 amide bonds. The summed E-state index contributed by atoms with van der Waals surface area (Å²) in [6.45, 7) is 7.98. The van der Waals surface area contributed by atoms with Crippen LogP contribution in [-0.2, 0) is 12.0 Å². The van der Waals surface area contributed by atoms with E-state index in [1.807, 2.05) is 48.5 Å². The molecule has 40 heavy (non-hydrogen) atoms. The highest BCUT2D eigenvalue weighted by Gasteiger charge is 2.18. The van der Waals surface area contributed by atoms with Crippen molar-refractivity contribution in [2.24, 2.45) is 0 Å². The van der Waals surface area contributed by atoms with Gasteiger partial charge in [-0.2, -0.15) is 0 Å². The molecule has 0 radical (unpaired) electrons. The molecule has 0 fully saturated rings. The highest BCUT2D eigenvalue weighted by Crippen LogP contribution is 2.19. The number of aryl methyl sites for hydroxylation is 1. The number of carbonyl (C=O) groups is 1. The van der Waals surface area contributed by atoms with E-state index in [2.05, 4.69) is 68.6 Å². The highest BCUT2D eigenvalue weighted by atomic mass is 16.1. The molecule has 2 nitrogen and oxygen atoms in total. The predicted molar refractivity (Wildman–Crippen MR) is 174 cm³/mol. The Labute approximate surface area is 246 Å². The Balaban J connectivity index is 0.000000302. The number of ketones is 1. The fourth-order valence-electron chi connectivity index (χ4n) is 4.99. The van der Waals surface area contributed by atoms with Gasteiger partial charge in [0.1, 0.15) is 0 Å². The topological polar surface area (TPSA) is 29.1 Å². The van der Waals surface area contributed by atoms with E-state index in [0.29, 0.717) is 6.42 Å². The molecule has 0 heterocycles. The molecule has 0 bridgehead atoms. The molecule has 0 aromatic heterocycles. The molecule has 0 aliphatic rings. The monoisotopic (exact) mass is 541 g/mol. The molecule has 3 aromatic carbocycles. The van der Waals surface area contributed by atoms with Gasteiger partial charge in [-0.1, -0.05) is 169 Å². The molecule has 218 valence electrons. The van der Waals surface area contributed by atoms with Crippen molar-refractivity contribution in [3.8, 4) is 0 Å². The Morgan fingerprint density at radius 3 is 1.57 bits per heavy atom. The first-order valence-electron chi connectivity index (χ1n) is 16.0. The molecule has 1 N–H and O–H groups in total. The molecule has 0 unspecified atom stereocenters. The van der Waals surface area contributed by atoms with Gasteiger partial charge in [0.25, 0.3) is 0 Å². The molecule has 0 aliphatic heterocycles. The van der Waals surface area contributed by atoms with Gasteiger partial charge >= 0.3 is 0 Å². The van der Waals surface area contributed by atoms with Gasteiger partial charge in [-0.15, -0.1) is 0 Å². The highest BCUT2D eigenvalue weighted by molar-refractivity contribution is 5.96. The number of nitrogens with one attached hydrogen (secondary N) is 1. The third kappa shape index (κ3) is 15.2. The van der Waals surface area contributed by atoms with Crippen LogP contribution in [0.1, 0.15) is 126 Å². The summed E-state index contributed by atoms with van der Waals surface area (Å²) in [5.74, 6) is 0.212. The molecule has 2 heteroatoms. The summed E-state index contributed by atoms with van der Waals surface area (Å²) in [5, 5.41) is 3.71. The van der Waals surface area contributed by atoms with Gasteiger partial charge in [-0.25, -0.2) is 0 Å². The van der Waals surface area contributed by atoms with E-state index in [4.69, 9.17) is 0 Å². The zero-order chi connectivity index (χ0) is 28.7. The van der Waals surface area contributed by atoms with E-state index >= 15 is 0 Å². The van der Waals surface area contributed by atoms with Gasteiger partial charge in [-0.3, -0.25) is 4.79 Å². The average Bonchev–Trinajstić information content (AvgIpc) is 3.00. The van der Waals surface area contributed by atoms with Gasteiger partial charge in [0.15, 0.2) is 5.78 Å². The van der Waals surface area contributed by atoms with Gasteiger partial charge in [0, 0.05) is 17.5 Å². The van der Waals surface area contributed by atoms with Crippen molar-refractivity contribution in [3.05, 3.63) is 108 Å². The van der Waals surface area contributed by atoms with Crippen molar-refractivity contribution in [1.29, 1.82) is 0 Å². The van der Waals surface area contributed by atoms with Crippen LogP contribution in [0.15, 0.2) is 91.0 Å².